The van der Waals surface area contributed by atoms with Crippen LogP contribution in [0.1, 0.15) is 18.4 Å². The zero-order valence-electron chi connectivity index (χ0n) is 13.5. The Hall–Kier alpha value is -2.11. The lowest BCUT2D eigenvalue weighted by atomic mass is 9.94. The minimum Gasteiger partial charge on any atom is -0.480 e. The Morgan fingerprint density at radius 1 is 1.38 bits per heavy atom. The van der Waals surface area contributed by atoms with Crippen LogP contribution in [0.25, 0.3) is 0 Å². The van der Waals surface area contributed by atoms with Gasteiger partial charge in [-0.2, -0.15) is 11.3 Å². The SMILES string of the molecule is CC1(CO)S[C@@H]2[C@H](NC(=O)[C@H](C(=O)O)c3ccsc3)C(=O)N2[C@H]1C(=O)O. The van der Waals surface area contributed by atoms with Crippen LogP contribution in [0.4, 0.5) is 0 Å². The molecule has 2 saturated heterocycles. The van der Waals surface area contributed by atoms with E-state index >= 15 is 0 Å². The first kappa shape index (κ1) is 18.7. The summed E-state index contributed by atoms with van der Waals surface area (Å²) in [6.07, 6.45) is 0. The molecule has 26 heavy (non-hydrogen) atoms. The maximum absolute atomic E-state index is 12.4. The van der Waals surface area contributed by atoms with Crippen molar-refractivity contribution in [3.8, 4) is 0 Å². The number of hydrogen-bond acceptors (Lipinski definition) is 7. The maximum Gasteiger partial charge on any atom is 0.328 e. The van der Waals surface area contributed by atoms with Gasteiger partial charge in [0, 0.05) is 0 Å². The van der Waals surface area contributed by atoms with E-state index in [4.69, 9.17) is 0 Å². The average molecular weight is 400 g/mol. The summed E-state index contributed by atoms with van der Waals surface area (Å²) in [6.45, 7) is 1.08. The normalized spacial score (nSPS) is 31.1. The Bertz CT molecular complexity index is 768. The van der Waals surface area contributed by atoms with Gasteiger partial charge in [0.2, 0.25) is 11.8 Å². The standard InChI is InChI=1S/C15H16N2O7S2/c1-15(5-18)9(14(23)24)17-11(20)8(12(17)26-15)16-10(19)7(13(21)22)6-2-3-25-4-6/h2-4,7-9,12,18H,5H2,1H3,(H,16,19)(H,21,22)(H,23,24)/t7-,8-,9+,12-,15?/m1/s1. The van der Waals surface area contributed by atoms with Crippen molar-refractivity contribution >= 4 is 46.9 Å². The van der Waals surface area contributed by atoms with Crippen molar-refractivity contribution in [1.82, 2.24) is 10.2 Å². The predicted molar refractivity (Wildman–Crippen MR) is 91.8 cm³/mol. The Labute approximate surface area is 156 Å². The molecule has 5 atom stereocenters. The number of nitrogens with one attached hydrogen (secondary N) is 1. The summed E-state index contributed by atoms with van der Waals surface area (Å²) in [5, 5.41) is 33.2. The van der Waals surface area contributed by atoms with Gasteiger partial charge in [-0.1, -0.05) is 0 Å². The first-order valence-electron chi connectivity index (χ1n) is 7.60. The van der Waals surface area contributed by atoms with Gasteiger partial charge in [0.15, 0.2) is 5.92 Å². The molecule has 2 amide bonds. The van der Waals surface area contributed by atoms with E-state index in [0.717, 1.165) is 16.7 Å². The smallest absolute Gasteiger partial charge is 0.328 e. The summed E-state index contributed by atoms with van der Waals surface area (Å²) in [7, 11) is 0. The highest BCUT2D eigenvalue weighted by Gasteiger charge is 2.65. The lowest BCUT2D eigenvalue weighted by molar-refractivity contribution is -0.162. The molecular formula is C15H16N2O7S2. The third-order valence-corrected chi connectivity index (χ3v) is 6.89. The van der Waals surface area contributed by atoms with Crippen LogP contribution in [-0.4, -0.2) is 72.8 Å². The number of carboxylic acid groups (broad SMARTS) is 2. The van der Waals surface area contributed by atoms with Crippen LogP contribution >= 0.6 is 23.1 Å². The Morgan fingerprint density at radius 2 is 2.08 bits per heavy atom. The number of aliphatic hydroxyl groups is 1. The molecule has 2 aliphatic heterocycles. The van der Waals surface area contributed by atoms with Gasteiger partial charge in [-0.15, -0.1) is 11.8 Å². The molecule has 0 saturated carbocycles. The van der Waals surface area contributed by atoms with Crippen molar-refractivity contribution < 1.29 is 34.5 Å². The van der Waals surface area contributed by atoms with E-state index in [-0.39, 0.29) is 0 Å². The quantitative estimate of drug-likeness (QED) is 0.370. The molecule has 140 valence electrons. The minimum atomic E-state index is -1.45. The molecular weight excluding hydrogens is 384 g/mol. The van der Waals surface area contributed by atoms with E-state index in [2.05, 4.69) is 5.32 Å². The highest BCUT2D eigenvalue weighted by atomic mass is 32.2. The number of thioether (sulfide) groups is 1. The number of carbonyl (C=O) groups is 4. The van der Waals surface area contributed by atoms with E-state index in [1.54, 1.807) is 10.8 Å². The van der Waals surface area contributed by atoms with Crippen LogP contribution < -0.4 is 5.32 Å². The maximum atomic E-state index is 12.4. The number of rotatable bonds is 6. The van der Waals surface area contributed by atoms with Crippen LogP contribution in [0.15, 0.2) is 16.8 Å². The number of carboxylic acids is 2. The molecule has 0 spiro atoms. The van der Waals surface area contributed by atoms with Crippen LogP contribution in [0.3, 0.4) is 0 Å². The summed E-state index contributed by atoms with van der Waals surface area (Å²) in [5.74, 6) is -5.47. The van der Waals surface area contributed by atoms with E-state index in [1.165, 1.54) is 24.3 Å². The van der Waals surface area contributed by atoms with E-state index in [1.807, 2.05) is 0 Å². The van der Waals surface area contributed by atoms with Crippen molar-refractivity contribution in [3.05, 3.63) is 22.4 Å². The van der Waals surface area contributed by atoms with Gasteiger partial charge in [0.05, 0.1) is 11.4 Å². The van der Waals surface area contributed by atoms with Gasteiger partial charge < -0.3 is 25.5 Å². The number of hydrogen-bond donors (Lipinski definition) is 4. The monoisotopic (exact) mass is 400 g/mol. The Kier molecular flexibility index (Phi) is 4.71. The zero-order chi connectivity index (χ0) is 19.2. The van der Waals surface area contributed by atoms with Gasteiger partial charge in [-0.25, -0.2) is 4.79 Å². The van der Waals surface area contributed by atoms with Crippen molar-refractivity contribution in [2.75, 3.05) is 6.61 Å². The van der Waals surface area contributed by atoms with Gasteiger partial charge in [-0.3, -0.25) is 14.4 Å². The van der Waals surface area contributed by atoms with Crippen molar-refractivity contribution in [1.29, 1.82) is 0 Å². The lowest BCUT2D eigenvalue weighted by Crippen LogP contribution is -2.71. The number of aliphatic carboxylic acids is 2. The average Bonchev–Trinajstić information content (AvgIpc) is 3.18. The van der Waals surface area contributed by atoms with Gasteiger partial charge in [0.1, 0.15) is 17.5 Å². The van der Waals surface area contributed by atoms with Gasteiger partial charge in [-0.05, 0) is 29.3 Å². The summed E-state index contributed by atoms with van der Waals surface area (Å²) < 4.78 is -1.11. The number of thiophene rings is 1. The number of aliphatic hydroxyl groups excluding tert-OH is 1. The Balaban J connectivity index is 1.78. The summed E-state index contributed by atoms with van der Waals surface area (Å²) in [5.41, 5.74) is 0.311. The number of fused-ring (bicyclic) bond motifs is 1. The third-order valence-electron chi connectivity index (χ3n) is 4.56. The molecule has 3 heterocycles. The van der Waals surface area contributed by atoms with E-state index in [0.29, 0.717) is 5.56 Å². The topological polar surface area (TPSA) is 144 Å². The fraction of sp³-hybridized carbons (Fsp3) is 0.467. The summed E-state index contributed by atoms with van der Waals surface area (Å²) in [4.78, 5) is 48.9. The number of β-lactam (4-membered cyclic amide) rings is 1. The molecule has 9 nitrogen and oxygen atoms in total. The molecule has 1 unspecified atom stereocenters. The molecule has 1 aromatic rings. The van der Waals surface area contributed by atoms with Crippen molar-refractivity contribution in [2.45, 2.75) is 35.0 Å². The Morgan fingerprint density at radius 3 is 2.58 bits per heavy atom. The molecule has 11 heteroatoms. The predicted octanol–water partition coefficient (Wildman–Crippen LogP) is -0.480. The summed E-state index contributed by atoms with van der Waals surface area (Å²) >= 11 is 2.33. The van der Waals surface area contributed by atoms with E-state index in [9.17, 15) is 34.5 Å². The third kappa shape index (κ3) is 2.75. The molecule has 2 aliphatic rings. The minimum absolute atomic E-state index is 0.311. The van der Waals surface area contributed by atoms with Gasteiger partial charge in [0.25, 0.3) is 0 Å². The molecule has 3 rings (SSSR count). The number of amides is 2. The first-order chi connectivity index (χ1) is 12.2. The second-order valence-corrected chi connectivity index (χ2v) is 8.71. The lowest BCUT2D eigenvalue weighted by Gasteiger charge is -2.43. The van der Waals surface area contributed by atoms with Crippen molar-refractivity contribution in [3.63, 3.8) is 0 Å². The molecule has 1 aromatic heterocycles. The highest BCUT2D eigenvalue weighted by molar-refractivity contribution is 8.01. The van der Waals surface area contributed by atoms with Crippen LogP contribution in [0.2, 0.25) is 0 Å². The molecule has 0 radical (unpaired) electrons. The second-order valence-electron chi connectivity index (χ2n) is 6.28. The highest BCUT2D eigenvalue weighted by Crippen LogP contribution is 2.50. The van der Waals surface area contributed by atoms with Crippen LogP contribution in [0.5, 0.6) is 0 Å². The molecule has 2 fully saturated rings. The van der Waals surface area contributed by atoms with E-state index < -0.39 is 58.5 Å². The summed E-state index contributed by atoms with van der Waals surface area (Å²) in [6, 6.07) is -0.718. The second kappa shape index (κ2) is 6.56. The number of carbonyl (C=O) groups excluding carboxylic acids is 2. The molecule has 0 bridgehead atoms. The molecule has 0 aromatic carbocycles. The number of nitrogens with zero attached hydrogens (tertiary/aromatic N) is 1. The van der Waals surface area contributed by atoms with Crippen molar-refractivity contribution in [2.24, 2.45) is 0 Å². The zero-order valence-corrected chi connectivity index (χ0v) is 15.1. The fourth-order valence-electron chi connectivity index (χ4n) is 3.24. The molecule has 0 aliphatic carbocycles. The van der Waals surface area contributed by atoms with Crippen LogP contribution in [-0.2, 0) is 19.2 Å². The largest absolute Gasteiger partial charge is 0.480 e. The first-order valence-corrected chi connectivity index (χ1v) is 9.42. The fourth-order valence-corrected chi connectivity index (χ4v) is 5.55. The van der Waals surface area contributed by atoms with Crippen LogP contribution in [0, 0.1) is 0 Å². The van der Waals surface area contributed by atoms with Gasteiger partial charge >= 0.3 is 11.9 Å². The molecule has 4 N–H and O–H groups in total.